The first-order chi connectivity index (χ1) is 11.6. The quantitative estimate of drug-likeness (QED) is 0.454. The van der Waals surface area contributed by atoms with Gasteiger partial charge in [0.1, 0.15) is 0 Å². The lowest BCUT2D eigenvalue weighted by atomic mass is 9.78. The van der Waals surface area contributed by atoms with Crippen LogP contribution < -0.4 is 5.32 Å². The van der Waals surface area contributed by atoms with Gasteiger partial charge in [-0.2, -0.15) is 0 Å². The van der Waals surface area contributed by atoms with Crippen LogP contribution in [0.15, 0.2) is 6.20 Å². The Labute approximate surface area is 153 Å². The van der Waals surface area contributed by atoms with Gasteiger partial charge < -0.3 is 4.74 Å². The molecule has 0 bridgehead atoms. The molecule has 1 aromatic rings. The van der Waals surface area contributed by atoms with Crippen LogP contribution in [0, 0.1) is 5.41 Å². The predicted octanol–water partition coefficient (Wildman–Crippen LogP) is 4.05. The van der Waals surface area contributed by atoms with Crippen LogP contribution in [0.5, 0.6) is 0 Å². The standard InChI is InChI=1S/C16H32N4O.C2H6.H2O2/c1-8-21-16(6,7)11-15(4,5)9-14-10-20(19-18-14)12-17-13(2)3;2*1-2/h10,13,17H,8-9,11-12H2,1-7H3;1-2H3;1-2H. The molecule has 1 aromatic heterocycles. The number of nitrogens with one attached hydrogen (secondary N) is 1. The van der Waals surface area contributed by atoms with Crippen LogP contribution in [0.1, 0.15) is 74.4 Å². The molecule has 25 heavy (non-hydrogen) atoms. The molecule has 0 aliphatic rings. The second-order valence-electron chi connectivity index (χ2n) is 7.48. The van der Waals surface area contributed by atoms with Gasteiger partial charge in [0.25, 0.3) is 0 Å². The second-order valence-corrected chi connectivity index (χ2v) is 7.48. The monoisotopic (exact) mass is 360 g/mol. The third kappa shape index (κ3) is 12.9. The van der Waals surface area contributed by atoms with E-state index in [0.29, 0.717) is 12.7 Å². The zero-order chi connectivity index (χ0) is 20.1. The molecule has 1 rings (SSSR count). The maximum atomic E-state index is 6.00. The highest BCUT2D eigenvalue weighted by atomic mass is 17.0. The predicted molar refractivity (Wildman–Crippen MR) is 103 cm³/mol. The molecular weight excluding hydrogens is 320 g/mol. The molecule has 0 radical (unpaired) electrons. The molecule has 0 atom stereocenters. The van der Waals surface area contributed by atoms with Crippen LogP contribution in [-0.4, -0.2) is 43.8 Å². The molecule has 0 saturated carbocycles. The summed E-state index contributed by atoms with van der Waals surface area (Å²) in [4.78, 5) is 0. The van der Waals surface area contributed by atoms with Crippen molar-refractivity contribution in [2.75, 3.05) is 6.61 Å². The van der Waals surface area contributed by atoms with Crippen molar-refractivity contribution >= 4 is 0 Å². The fourth-order valence-corrected chi connectivity index (χ4v) is 2.92. The molecule has 0 aliphatic heterocycles. The fourth-order valence-electron chi connectivity index (χ4n) is 2.92. The van der Waals surface area contributed by atoms with E-state index in [-0.39, 0.29) is 11.0 Å². The Morgan fingerprint density at radius 3 is 2.24 bits per heavy atom. The van der Waals surface area contributed by atoms with E-state index < -0.39 is 0 Å². The summed E-state index contributed by atoms with van der Waals surface area (Å²) in [5.41, 5.74) is 1.07. The molecule has 0 aliphatic carbocycles. The van der Waals surface area contributed by atoms with Crippen LogP contribution in [0.4, 0.5) is 0 Å². The van der Waals surface area contributed by atoms with E-state index >= 15 is 0 Å². The highest BCUT2D eigenvalue weighted by molar-refractivity contribution is 4.98. The molecule has 3 N–H and O–H groups in total. The molecular formula is C18H40N4O3. The number of aromatic nitrogens is 3. The van der Waals surface area contributed by atoms with Gasteiger partial charge in [-0.15, -0.1) is 5.10 Å². The normalized spacial score (nSPS) is 11.5. The van der Waals surface area contributed by atoms with Gasteiger partial charge in [0.05, 0.1) is 18.0 Å². The number of ether oxygens (including phenoxy) is 1. The summed E-state index contributed by atoms with van der Waals surface area (Å²) in [6.45, 7) is 20.6. The van der Waals surface area contributed by atoms with Crippen molar-refractivity contribution in [2.45, 2.75) is 93.5 Å². The molecule has 0 fully saturated rings. The molecule has 0 aromatic carbocycles. The van der Waals surface area contributed by atoms with Gasteiger partial charge in [-0.1, -0.05) is 32.9 Å². The summed E-state index contributed by atoms with van der Waals surface area (Å²) in [6.07, 6.45) is 3.93. The Kier molecular flexibility index (Phi) is 13.9. The van der Waals surface area contributed by atoms with Crippen molar-refractivity contribution in [1.29, 1.82) is 0 Å². The van der Waals surface area contributed by atoms with E-state index in [1.54, 1.807) is 0 Å². The average Bonchev–Trinajstić information content (AvgIpc) is 2.94. The largest absolute Gasteiger partial charge is 0.376 e. The SMILES string of the molecule is CC.CCOC(C)(C)CC(C)(C)Cc1cn(CNC(C)C)nn1.OO. The van der Waals surface area contributed by atoms with E-state index in [4.69, 9.17) is 15.3 Å². The third-order valence-corrected chi connectivity index (χ3v) is 3.35. The third-order valence-electron chi connectivity index (χ3n) is 3.35. The minimum atomic E-state index is -0.104. The summed E-state index contributed by atoms with van der Waals surface area (Å²) in [5.74, 6) is 0. The number of rotatable bonds is 9. The lowest BCUT2D eigenvalue weighted by molar-refractivity contribution is -0.176. The number of hydrogen-bond donors (Lipinski definition) is 3. The van der Waals surface area contributed by atoms with Crippen LogP contribution in [-0.2, 0) is 17.8 Å². The summed E-state index contributed by atoms with van der Waals surface area (Å²) in [6, 6.07) is 0.445. The Hall–Kier alpha value is -1.02. The highest BCUT2D eigenvalue weighted by Gasteiger charge is 2.30. The minimum Gasteiger partial charge on any atom is -0.376 e. The lowest BCUT2D eigenvalue weighted by Gasteiger charge is -2.34. The molecule has 1 heterocycles. The van der Waals surface area contributed by atoms with Gasteiger partial charge in [-0.05, 0) is 52.9 Å². The van der Waals surface area contributed by atoms with Crippen molar-refractivity contribution in [3.05, 3.63) is 11.9 Å². The van der Waals surface area contributed by atoms with Crippen LogP contribution >= 0.6 is 0 Å². The molecule has 0 unspecified atom stereocenters. The van der Waals surface area contributed by atoms with Crippen LogP contribution in [0.3, 0.4) is 0 Å². The molecule has 0 spiro atoms. The van der Waals surface area contributed by atoms with Crippen molar-refractivity contribution in [2.24, 2.45) is 5.41 Å². The highest BCUT2D eigenvalue weighted by Crippen LogP contribution is 2.32. The van der Waals surface area contributed by atoms with Gasteiger partial charge in [-0.25, -0.2) is 4.68 Å². The Morgan fingerprint density at radius 2 is 1.76 bits per heavy atom. The van der Waals surface area contributed by atoms with Crippen molar-refractivity contribution in [3.8, 4) is 0 Å². The molecule has 7 nitrogen and oxygen atoms in total. The summed E-state index contributed by atoms with van der Waals surface area (Å²) in [5, 5.41) is 23.8. The van der Waals surface area contributed by atoms with Crippen LogP contribution in [0.2, 0.25) is 0 Å². The molecule has 7 heteroatoms. The van der Waals surface area contributed by atoms with Crippen molar-refractivity contribution in [1.82, 2.24) is 20.3 Å². The van der Waals surface area contributed by atoms with E-state index in [1.807, 2.05) is 31.6 Å². The first kappa shape index (κ1) is 26.2. The maximum Gasteiger partial charge on any atom is 0.0923 e. The van der Waals surface area contributed by atoms with E-state index in [2.05, 4.69) is 57.2 Å². The Morgan fingerprint density at radius 1 is 1.20 bits per heavy atom. The van der Waals surface area contributed by atoms with Gasteiger partial charge >= 0.3 is 0 Å². The summed E-state index contributed by atoms with van der Waals surface area (Å²) in [7, 11) is 0. The Bertz CT molecular complexity index is 432. The fraction of sp³-hybridized carbons (Fsp3) is 0.889. The van der Waals surface area contributed by atoms with Crippen LogP contribution in [0.25, 0.3) is 0 Å². The van der Waals surface area contributed by atoms with Gasteiger partial charge in [0.2, 0.25) is 0 Å². The first-order valence-electron chi connectivity index (χ1n) is 9.10. The smallest absolute Gasteiger partial charge is 0.0923 e. The average molecular weight is 361 g/mol. The number of hydrogen-bond acceptors (Lipinski definition) is 6. The van der Waals surface area contributed by atoms with E-state index in [0.717, 1.165) is 25.1 Å². The lowest BCUT2D eigenvalue weighted by Crippen LogP contribution is -2.32. The van der Waals surface area contributed by atoms with Crippen molar-refractivity contribution in [3.63, 3.8) is 0 Å². The molecule has 0 saturated heterocycles. The number of nitrogens with zero attached hydrogens (tertiary/aromatic N) is 3. The Balaban J connectivity index is 0. The van der Waals surface area contributed by atoms with Crippen molar-refractivity contribution < 1.29 is 15.3 Å². The molecule has 150 valence electrons. The van der Waals surface area contributed by atoms with Gasteiger partial charge in [0.15, 0.2) is 0 Å². The van der Waals surface area contributed by atoms with E-state index in [9.17, 15) is 0 Å². The first-order valence-corrected chi connectivity index (χ1v) is 9.10. The topological polar surface area (TPSA) is 92.4 Å². The second kappa shape index (κ2) is 13.2. The molecule has 0 amide bonds. The zero-order valence-electron chi connectivity index (χ0n) is 17.6. The minimum absolute atomic E-state index is 0.104. The van der Waals surface area contributed by atoms with Gasteiger partial charge in [0, 0.05) is 18.8 Å². The van der Waals surface area contributed by atoms with E-state index in [1.165, 1.54) is 0 Å². The zero-order valence-corrected chi connectivity index (χ0v) is 17.6. The summed E-state index contributed by atoms with van der Waals surface area (Å²) >= 11 is 0. The summed E-state index contributed by atoms with van der Waals surface area (Å²) < 4.78 is 7.68. The van der Waals surface area contributed by atoms with Gasteiger partial charge in [-0.3, -0.25) is 15.8 Å². The maximum absolute atomic E-state index is 6.00.